The number of rotatable bonds is 6. The Morgan fingerprint density at radius 3 is 2.71 bits per heavy atom. The molecule has 5 rings (SSSR count). The molecule has 5 nitrogen and oxygen atoms in total. The number of aromatic nitrogens is 2. The van der Waals surface area contributed by atoms with Gasteiger partial charge >= 0.3 is 0 Å². The summed E-state index contributed by atoms with van der Waals surface area (Å²) in [5.74, 6) is -2.45. The van der Waals surface area contributed by atoms with Crippen LogP contribution >= 0.6 is 0 Å². The Hall–Kier alpha value is -4.39. The first kappa shape index (κ1) is 22.4. The fourth-order valence-electron chi connectivity index (χ4n) is 4.22. The quantitative estimate of drug-likeness (QED) is 0.453. The molecule has 0 aliphatic heterocycles. The molecule has 1 aliphatic carbocycles. The number of fused-ring (bicyclic) bond motifs is 1. The average molecular weight is 469 g/mol. The number of hydrogen-bond acceptors (Lipinski definition) is 3. The van der Waals surface area contributed by atoms with Crippen LogP contribution < -0.4 is 10.9 Å². The fraction of sp³-hybridized carbons (Fsp3) is 0.107. The third-order valence-electron chi connectivity index (χ3n) is 5.97. The maximum absolute atomic E-state index is 13.5. The lowest BCUT2D eigenvalue weighted by atomic mass is 9.99. The molecule has 2 aromatic carbocycles. The lowest BCUT2D eigenvalue weighted by Crippen LogP contribution is -2.32. The molecule has 174 valence electrons. The van der Waals surface area contributed by atoms with Crippen LogP contribution in [0.4, 0.5) is 8.78 Å². The van der Waals surface area contributed by atoms with Crippen LogP contribution in [0.3, 0.4) is 0 Å². The topological polar surface area (TPSA) is 64.0 Å². The molecule has 2 aromatic heterocycles. The SMILES string of the molecule is O=C(NCc1cccc(C2=CCc3ncccc32)c1)c1cccn(Cc2ccc(F)c(F)c2)c1=O. The van der Waals surface area contributed by atoms with Crippen LogP contribution in [0.2, 0.25) is 0 Å². The molecule has 0 spiro atoms. The van der Waals surface area contributed by atoms with Crippen molar-refractivity contribution in [2.24, 2.45) is 0 Å². The van der Waals surface area contributed by atoms with Crippen LogP contribution in [0, 0.1) is 11.6 Å². The highest BCUT2D eigenvalue weighted by atomic mass is 19.2. The summed E-state index contributed by atoms with van der Waals surface area (Å²) in [5, 5.41) is 2.81. The molecule has 2 heterocycles. The van der Waals surface area contributed by atoms with Gasteiger partial charge in [-0.1, -0.05) is 36.4 Å². The van der Waals surface area contributed by atoms with Crippen LogP contribution in [-0.2, 0) is 19.5 Å². The van der Waals surface area contributed by atoms with Crippen LogP contribution in [0.15, 0.2) is 90.0 Å². The summed E-state index contributed by atoms with van der Waals surface area (Å²) in [6.45, 7) is 0.266. The van der Waals surface area contributed by atoms with Gasteiger partial charge in [-0.15, -0.1) is 0 Å². The normalized spacial score (nSPS) is 12.2. The number of halogens is 2. The average Bonchev–Trinajstić information content (AvgIpc) is 3.30. The van der Waals surface area contributed by atoms with Gasteiger partial charge in [0.1, 0.15) is 5.56 Å². The van der Waals surface area contributed by atoms with E-state index in [2.05, 4.69) is 22.4 Å². The number of amides is 1. The Balaban J connectivity index is 1.30. The van der Waals surface area contributed by atoms with Crippen molar-refractivity contribution >= 4 is 11.5 Å². The number of nitrogens with one attached hydrogen (secondary N) is 1. The Labute approximate surface area is 200 Å². The maximum Gasteiger partial charge on any atom is 0.263 e. The van der Waals surface area contributed by atoms with E-state index in [0.29, 0.717) is 5.56 Å². The van der Waals surface area contributed by atoms with Crippen LogP contribution in [0.1, 0.15) is 38.3 Å². The highest BCUT2D eigenvalue weighted by Gasteiger charge is 2.17. The Morgan fingerprint density at radius 2 is 1.86 bits per heavy atom. The zero-order valence-corrected chi connectivity index (χ0v) is 18.7. The van der Waals surface area contributed by atoms with Crippen molar-refractivity contribution in [1.82, 2.24) is 14.9 Å². The van der Waals surface area contributed by atoms with Crippen LogP contribution in [0.25, 0.3) is 5.57 Å². The number of benzene rings is 2. The fourth-order valence-corrected chi connectivity index (χ4v) is 4.22. The number of carbonyl (C=O) groups is 1. The monoisotopic (exact) mass is 469 g/mol. The number of carbonyl (C=O) groups excluding carboxylic acids is 1. The minimum absolute atomic E-state index is 0.0185. The first-order chi connectivity index (χ1) is 17.0. The van der Waals surface area contributed by atoms with Gasteiger partial charge in [-0.2, -0.15) is 0 Å². The Morgan fingerprint density at radius 1 is 0.971 bits per heavy atom. The summed E-state index contributed by atoms with van der Waals surface area (Å²) in [4.78, 5) is 30.1. The predicted octanol–water partition coefficient (Wildman–Crippen LogP) is 4.49. The molecular weight excluding hydrogens is 448 g/mol. The second-order valence-corrected chi connectivity index (χ2v) is 8.31. The summed E-state index contributed by atoms with van der Waals surface area (Å²) < 4.78 is 28.0. The molecule has 0 saturated heterocycles. The zero-order chi connectivity index (χ0) is 24.4. The summed E-state index contributed by atoms with van der Waals surface area (Å²) in [5.41, 5.74) is 5.09. The molecule has 0 fully saturated rings. The number of hydrogen-bond donors (Lipinski definition) is 1. The van der Waals surface area contributed by atoms with Gasteiger partial charge in [0.15, 0.2) is 11.6 Å². The summed E-state index contributed by atoms with van der Waals surface area (Å²) in [6, 6.07) is 18.3. The number of pyridine rings is 2. The van der Waals surface area contributed by atoms with Gasteiger partial charge < -0.3 is 9.88 Å². The van der Waals surface area contributed by atoms with Crippen molar-refractivity contribution < 1.29 is 13.6 Å². The second-order valence-electron chi connectivity index (χ2n) is 8.31. The van der Waals surface area contributed by atoms with E-state index >= 15 is 0 Å². The van der Waals surface area contributed by atoms with Gasteiger partial charge in [0.2, 0.25) is 0 Å². The van der Waals surface area contributed by atoms with E-state index in [0.717, 1.165) is 46.5 Å². The van der Waals surface area contributed by atoms with E-state index in [1.54, 1.807) is 12.3 Å². The standard InChI is InChI=1S/C28H21F2N3O2/c29-24-10-8-19(15-25(24)30)17-33-13-3-7-23(28(33)35)27(34)32-16-18-4-1-5-20(14-18)21-9-11-26-22(21)6-2-12-31-26/h1-10,12-15H,11,16-17H2,(H,32,34). The first-order valence-corrected chi connectivity index (χ1v) is 11.1. The maximum atomic E-state index is 13.5. The van der Waals surface area contributed by atoms with E-state index < -0.39 is 23.1 Å². The van der Waals surface area contributed by atoms with Crippen molar-refractivity contribution in [2.45, 2.75) is 19.5 Å². The molecule has 1 amide bonds. The van der Waals surface area contributed by atoms with Gasteiger partial charge in [0, 0.05) is 30.9 Å². The molecule has 1 aliphatic rings. The predicted molar refractivity (Wildman–Crippen MR) is 129 cm³/mol. The minimum atomic E-state index is -0.986. The van der Waals surface area contributed by atoms with Gasteiger partial charge in [0.25, 0.3) is 11.5 Å². The van der Waals surface area contributed by atoms with E-state index in [1.807, 2.05) is 30.3 Å². The lowest BCUT2D eigenvalue weighted by molar-refractivity contribution is 0.0948. The summed E-state index contributed by atoms with van der Waals surface area (Å²) >= 11 is 0. The largest absolute Gasteiger partial charge is 0.348 e. The van der Waals surface area contributed by atoms with Gasteiger partial charge in [0.05, 0.1) is 12.2 Å². The highest BCUT2D eigenvalue weighted by molar-refractivity contribution is 5.93. The lowest BCUT2D eigenvalue weighted by Gasteiger charge is -2.11. The minimum Gasteiger partial charge on any atom is -0.348 e. The molecular formula is C28H21F2N3O2. The molecule has 0 atom stereocenters. The van der Waals surface area contributed by atoms with E-state index in [-0.39, 0.29) is 18.7 Å². The van der Waals surface area contributed by atoms with Crippen molar-refractivity contribution in [1.29, 1.82) is 0 Å². The molecule has 0 unspecified atom stereocenters. The Bertz CT molecular complexity index is 1520. The van der Waals surface area contributed by atoms with Crippen LogP contribution in [0.5, 0.6) is 0 Å². The first-order valence-electron chi connectivity index (χ1n) is 11.1. The zero-order valence-electron chi connectivity index (χ0n) is 18.7. The molecule has 1 N–H and O–H groups in total. The molecule has 0 radical (unpaired) electrons. The van der Waals surface area contributed by atoms with Gasteiger partial charge in [-0.05, 0) is 58.7 Å². The van der Waals surface area contributed by atoms with Crippen molar-refractivity contribution in [3.63, 3.8) is 0 Å². The number of nitrogens with zero attached hydrogens (tertiary/aromatic N) is 2. The highest BCUT2D eigenvalue weighted by Crippen LogP contribution is 2.31. The van der Waals surface area contributed by atoms with Gasteiger partial charge in [-0.25, -0.2) is 8.78 Å². The summed E-state index contributed by atoms with van der Waals surface area (Å²) in [7, 11) is 0. The molecule has 0 saturated carbocycles. The third-order valence-corrected chi connectivity index (χ3v) is 5.97. The Kier molecular flexibility index (Phi) is 6.06. The van der Waals surface area contributed by atoms with E-state index in [1.165, 1.54) is 22.9 Å². The van der Waals surface area contributed by atoms with Crippen LogP contribution in [-0.4, -0.2) is 15.5 Å². The second kappa shape index (κ2) is 9.46. The molecule has 0 bridgehead atoms. The smallest absolute Gasteiger partial charge is 0.263 e. The molecule has 4 aromatic rings. The van der Waals surface area contributed by atoms with E-state index in [9.17, 15) is 18.4 Å². The van der Waals surface area contributed by atoms with Crippen molar-refractivity contribution in [3.8, 4) is 0 Å². The summed E-state index contributed by atoms with van der Waals surface area (Å²) in [6.07, 6.45) is 6.23. The molecule has 35 heavy (non-hydrogen) atoms. The third kappa shape index (κ3) is 4.66. The molecule has 7 heteroatoms. The van der Waals surface area contributed by atoms with Gasteiger partial charge in [-0.3, -0.25) is 14.6 Å². The number of allylic oxidation sites excluding steroid dienone is 1. The van der Waals surface area contributed by atoms with Crippen molar-refractivity contribution in [3.05, 3.63) is 141 Å². The van der Waals surface area contributed by atoms with E-state index in [4.69, 9.17) is 0 Å². The van der Waals surface area contributed by atoms with Crippen molar-refractivity contribution in [2.75, 3.05) is 0 Å².